The van der Waals surface area contributed by atoms with E-state index in [0.29, 0.717) is 73.6 Å². The molecule has 1 N–H and O–H groups in total. The van der Waals surface area contributed by atoms with Crippen LogP contribution in [-0.2, 0) is 16.0 Å². The fraction of sp³-hybridized carbons (Fsp3) is 0.514. The van der Waals surface area contributed by atoms with Crippen LogP contribution in [0.5, 0.6) is 0 Å². The summed E-state index contributed by atoms with van der Waals surface area (Å²) < 4.78 is 20.4. The van der Waals surface area contributed by atoms with Gasteiger partial charge in [0.2, 0.25) is 5.91 Å². The maximum Gasteiger partial charge on any atom is 0.410 e. The number of amides is 3. The topological polar surface area (TPSA) is 119 Å². The molecule has 0 unspecified atom stereocenters. The molecule has 3 fully saturated rings. The van der Waals surface area contributed by atoms with Crippen LogP contribution in [-0.4, -0.2) is 112 Å². The molecule has 2 aromatic carbocycles. The van der Waals surface area contributed by atoms with Crippen molar-refractivity contribution >= 4 is 28.7 Å². The van der Waals surface area contributed by atoms with Gasteiger partial charge < -0.3 is 24.3 Å². The number of piperidine rings is 1. The molecule has 4 heterocycles. The Morgan fingerprint density at radius 1 is 0.915 bits per heavy atom. The first-order valence-corrected chi connectivity index (χ1v) is 16.5. The third-order valence-electron chi connectivity index (χ3n) is 9.35. The Hall–Kier alpha value is -4.32. The molecule has 0 atom stereocenters. The van der Waals surface area contributed by atoms with Gasteiger partial charge >= 0.3 is 6.09 Å². The molecule has 0 saturated carbocycles. The number of nitrogens with zero attached hydrogens (tertiary/aromatic N) is 5. The summed E-state index contributed by atoms with van der Waals surface area (Å²) in [6.07, 6.45) is 1.65. The molecule has 0 spiro atoms. The maximum absolute atomic E-state index is 14.9. The lowest BCUT2D eigenvalue weighted by atomic mass is 9.93. The Balaban J connectivity index is 0.971. The number of carbonyl (C=O) groups excluding carboxylic acids is 3. The van der Waals surface area contributed by atoms with E-state index < -0.39 is 17.3 Å². The lowest BCUT2D eigenvalue weighted by Gasteiger charge is -2.43. The highest BCUT2D eigenvalue weighted by Gasteiger charge is 2.37. The standard InChI is InChI=1S/C35H43FN6O5/c1-35(2,3)47-34(46)42-21-24(22-42)20-39-12-10-25(11-13-39)32(44)40-14-16-41(17-15-40)33(45)28-18-23(8-9-29(28)36)19-30-26-6-4-5-7-27(26)31(43)38-37-30/h4-9,18,24-25H,10-17,19-22H2,1-3H3,(H,38,43). The minimum absolute atomic E-state index is 0.0101. The summed E-state index contributed by atoms with van der Waals surface area (Å²) >= 11 is 0. The maximum atomic E-state index is 14.9. The molecule has 11 nitrogen and oxygen atoms in total. The van der Waals surface area contributed by atoms with E-state index in [-0.39, 0.29) is 29.0 Å². The van der Waals surface area contributed by atoms with Crippen LogP contribution in [0.3, 0.4) is 0 Å². The van der Waals surface area contributed by atoms with Crippen molar-refractivity contribution in [2.75, 3.05) is 58.9 Å². The van der Waals surface area contributed by atoms with Crippen LogP contribution in [0, 0.1) is 17.7 Å². The molecule has 3 aromatic rings. The first kappa shape index (κ1) is 32.6. The molecule has 3 aliphatic heterocycles. The number of rotatable bonds is 6. The van der Waals surface area contributed by atoms with E-state index in [4.69, 9.17) is 4.74 Å². The molecule has 0 radical (unpaired) electrons. The zero-order chi connectivity index (χ0) is 33.3. The van der Waals surface area contributed by atoms with Crippen molar-refractivity contribution in [1.29, 1.82) is 0 Å². The predicted molar refractivity (Wildman–Crippen MR) is 175 cm³/mol. The smallest absolute Gasteiger partial charge is 0.410 e. The van der Waals surface area contributed by atoms with Crippen LogP contribution < -0.4 is 5.56 Å². The Labute approximate surface area is 273 Å². The normalized spacial score (nSPS) is 18.3. The molecule has 3 amide bonds. The highest BCUT2D eigenvalue weighted by atomic mass is 19.1. The van der Waals surface area contributed by atoms with E-state index in [1.807, 2.05) is 37.8 Å². The van der Waals surface area contributed by atoms with Crippen LogP contribution in [0.15, 0.2) is 47.3 Å². The number of aromatic amines is 1. The van der Waals surface area contributed by atoms with Crippen molar-refractivity contribution < 1.29 is 23.5 Å². The molecule has 47 heavy (non-hydrogen) atoms. The average Bonchev–Trinajstić information content (AvgIpc) is 3.03. The summed E-state index contributed by atoms with van der Waals surface area (Å²) in [5.41, 5.74) is 0.559. The Morgan fingerprint density at radius 2 is 1.57 bits per heavy atom. The lowest BCUT2D eigenvalue weighted by Crippen LogP contribution is -2.56. The van der Waals surface area contributed by atoms with Crippen molar-refractivity contribution in [1.82, 2.24) is 29.8 Å². The van der Waals surface area contributed by atoms with Gasteiger partial charge in [-0.3, -0.25) is 14.4 Å². The molecular formula is C35H43FN6O5. The monoisotopic (exact) mass is 646 g/mol. The van der Waals surface area contributed by atoms with Crippen molar-refractivity contribution in [2.45, 2.75) is 45.6 Å². The molecule has 6 rings (SSSR count). The number of benzene rings is 2. The fourth-order valence-corrected chi connectivity index (χ4v) is 6.79. The molecule has 1 aromatic heterocycles. The first-order valence-electron chi connectivity index (χ1n) is 16.5. The summed E-state index contributed by atoms with van der Waals surface area (Å²) in [6, 6.07) is 11.7. The summed E-state index contributed by atoms with van der Waals surface area (Å²) in [5, 5.41) is 7.97. The number of carbonyl (C=O) groups is 3. The molecule has 0 aliphatic carbocycles. The Kier molecular flexibility index (Phi) is 9.32. The number of halogens is 1. The minimum Gasteiger partial charge on any atom is -0.444 e. The molecular weight excluding hydrogens is 603 g/mol. The number of likely N-dealkylation sites (tertiary alicyclic amines) is 2. The van der Waals surface area contributed by atoms with Gasteiger partial charge in [-0.1, -0.05) is 24.3 Å². The van der Waals surface area contributed by atoms with Crippen LogP contribution in [0.1, 0.15) is 55.2 Å². The SMILES string of the molecule is CC(C)(C)OC(=O)N1CC(CN2CCC(C(=O)N3CCN(C(=O)c4cc(Cc5n[nH]c(=O)c6ccccc56)ccc4F)CC3)CC2)C1. The number of aromatic nitrogens is 2. The second kappa shape index (κ2) is 13.4. The minimum atomic E-state index is -0.595. The third-order valence-corrected chi connectivity index (χ3v) is 9.35. The third kappa shape index (κ3) is 7.48. The summed E-state index contributed by atoms with van der Waals surface area (Å²) in [5.74, 6) is -0.482. The predicted octanol–water partition coefficient (Wildman–Crippen LogP) is 3.52. The molecule has 3 saturated heterocycles. The summed E-state index contributed by atoms with van der Waals surface area (Å²) in [6.45, 7) is 11.1. The average molecular weight is 647 g/mol. The second-order valence-electron chi connectivity index (χ2n) is 14.0. The largest absolute Gasteiger partial charge is 0.444 e. The van der Waals surface area contributed by atoms with E-state index in [1.165, 1.54) is 6.07 Å². The van der Waals surface area contributed by atoms with E-state index in [0.717, 1.165) is 32.5 Å². The number of nitrogens with one attached hydrogen (secondary N) is 1. The van der Waals surface area contributed by atoms with Gasteiger partial charge in [-0.15, -0.1) is 0 Å². The van der Waals surface area contributed by atoms with Crippen molar-refractivity contribution in [3.63, 3.8) is 0 Å². The van der Waals surface area contributed by atoms with Crippen LogP contribution in [0.2, 0.25) is 0 Å². The summed E-state index contributed by atoms with van der Waals surface area (Å²) in [4.78, 5) is 58.7. The van der Waals surface area contributed by atoms with E-state index in [9.17, 15) is 23.6 Å². The van der Waals surface area contributed by atoms with E-state index in [1.54, 1.807) is 34.1 Å². The Bertz CT molecular complexity index is 1700. The number of hydrogen-bond acceptors (Lipinski definition) is 7. The van der Waals surface area contributed by atoms with Gasteiger partial charge in [0.1, 0.15) is 11.4 Å². The molecule has 12 heteroatoms. The molecule has 250 valence electrons. The van der Waals surface area contributed by atoms with Crippen LogP contribution in [0.25, 0.3) is 10.8 Å². The van der Waals surface area contributed by atoms with Gasteiger partial charge in [0.05, 0.1) is 16.6 Å². The van der Waals surface area contributed by atoms with Gasteiger partial charge in [-0.05, 0) is 70.5 Å². The van der Waals surface area contributed by atoms with Crippen LogP contribution >= 0.6 is 0 Å². The van der Waals surface area contributed by atoms with Gasteiger partial charge in [0.15, 0.2) is 0 Å². The molecule has 3 aliphatic rings. The number of fused-ring (bicyclic) bond motifs is 1. The van der Waals surface area contributed by atoms with Crippen molar-refractivity contribution in [2.24, 2.45) is 11.8 Å². The summed E-state index contributed by atoms with van der Waals surface area (Å²) in [7, 11) is 0. The van der Waals surface area contributed by atoms with Crippen molar-refractivity contribution in [3.8, 4) is 0 Å². The zero-order valence-corrected chi connectivity index (χ0v) is 27.3. The van der Waals surface area contributed by atoms with Gasteiger partial charge in [-0.25, -0.2) is 14.3 Å². The number of H-pyrrole nitrogens is 1. The fourth-order valence-electron chi connectivity index (χ4n) is 6.79. The van der Waals surface area contributed by atoms with Gasteiger partial charge in [0.25, 0.3) is 11.5 Å². The van der Waals surface area contributed by atoms with E-state index in [2.05, 4.69) is 15.1 Å². The number of piperazine rings is 1. The number of ether oxygens (including phenoxy) is 1. The van der Waals surface area contributed by atoms with Gasteiger partial charge in [-0.2, -0.15) is 5.10 Å². The highest BCUT2D eigenvalue weighted by molar-refractivity contribution is 5.95. The Morgan fingerprint density at radius 3 is 2.26 bits per heavy atom. The number of hydrogen-bond donors (Lipinski definition) is 1. The second-order valence-corrected chi connectivity index (χ2v) is 14.0. The van der Waals surface area contributed by atoms with Gasteiger partial charge in [0, 0.05) is 69.5 Å². The molecule has 0 bridgehead atoms. The van der Waals surface area contributed by atoms with Crippen LogP contribution in [0.4, 0.5) is 9.18 Å². The van der Waals surface area contributed by atoms with Crippen molar-refractivity contribution in [3.05, 3.63) is 75.5 Å². The quantitative estimate of drug-likeness (QED) is 0.436. The first-order chi connectivity index (χ1) is 22.4. The lowest BCUT2D eigenvalue weighted by molar-refractivity contribution is -0.138. The highest BCUT2D eigenvalue weighted by Crippen LogP contribution is 2.26. The zero-order valence-electron chi connectivity index (χ0n) is 27.3. The van der Waals surface area contributed by atoms with E-state index >= 15 is 0 Å².